The van der Waals surface area contributed by atoms with Crippen LogP contribution in [0.15, 0.2) is 24.3 Å². The molecule has 1 fully saturated rings. The lowest BCUT2D eigenvalue weighted by molar-refractivity contribution is -0.0999. The number of ether oxygens (including phenoxy) is 1. The number of hydrogen-bond acceptors (Lipinski definition) is 2. The van der Waals surface area contributed by atoms with Crippen LogP contribution in [0.25, 0.3) is 0 Å². The highest BCUT2D eigenvalue weighted by molar-refractivity contribution is 5.21. The van der Waals surface area contributed by atoms with Crippen molar-refractivity contribution in [2.45, 2.75) is 45.4 Å². The van der Waals surface area contributed by atoms with Crippen molar-refractivity contribution in [1.82, 2.24) is 5.32 Å². The van der Waals surface area contributed by atoms with E-state index >= 15 is 0 Å². The molecule has 1 aromatic rings. The minimum atomic E-state index is -0.141. The number of nitrogens with one attached hydrogen (secondary N) is 1. The van der Waals surface area contributed by atoms with Gasteiger partial charge in [-0.15, -0.1) is 0 Å². The fourth-order valence-corrected chi connectivity index (χ4v) is 2.79. The molecular weight excluding hydrogens is 229 g/mol. The van der Waals surface area contributed by atoms with E-state index in [0.717, 1.165) is 12.0 Å². The average molecular weight is 251 g/mol. The average Bonchev–Trinajstić information content (AvgIpc) is 2.34. The van der Waals surface area contributed by atoms with Crippen LogP contribution >= 0.6 is 0 Å². The smallest absolute Gasteiger partial charge is 0.127 e. The van der Waals surface area contributed by atoms with E-state index in [-0.39, 0.29) is 17.3 Å². The Balaban J connectivity index is 2.02. The maximum absolute atomic E-state index is 13.7. The van der Waals surface area contributed by atoms with E-state index < -0.39 is 0 Å². The highest BCUT2D eigenvalue weighted by Gasteiger charge is 2.48. The van der Waals surface area contributed by atoms with E-state index in [1.165, 1.54) is 6.07 Å². The molecule has 2 nitrogen and oxygen atoms in total. The molecule has 0 bridgehead atoms. The van der Waals surface area contributed by atoms with Crippen LogP contribution in [0.5, 0.6) is 0 Å². The molecule has 0 aromatic heterocycles. The Hall–Kier alpha value is -0.930. The second-order valence-corrected chi connectivity index (χ2v) is 5.74. The van der Waals surface area contributed by atoms with Gasteiger partial charge in [0.25, 0.3) is 0 Å². The number of halogens is 1. The van der Waals surface area contributed by atoms with E-state index in [2.05, 4.69) is 19.2 Å². The number of rotatable bonds is 4. The molecule has 2 rings (SSSR count). The lowest BCUT2D eigenvalue weighted by atomic mass is 9.64. The molecule has 0 amide bonds. The summed E-state index contributed by atoms with van der Waals surface area (Å²) in [4.78, 5) is 0. The molecule has 1 aliphatic carbocycles. The highest BCUT2D eigenvalue weighted by Crippen LogP contribution is 2.43. The Labute approximate surface area is 109 Å². The normalized spacial score (nSPS) is 27.6. The first-order valence-corrected chi connectivity index (χ1v) is 6.50. The summed E-state index contributed by atoms with van der Waals surface area (Å²) in [5, 5.41) is 3.51. The first kappa shape index (κ1) is 13.5. The maximum atomic E-state index is 13.7. The van der Waals surface area contributed by atoms with E-state index in [9.17, 15) is 4.39 Å². The van der Waals surface area contributed by atoms with Crippen molar-refractivity contribution in [3.8, 4) is 0 Å². The SMILES string of the molecule is COC1CC(NC(C)c2ccccc2F)C1(C)C. The summed E-state index contributed by atoms with van der Waals surface area (Å²) in [6.07, 6.45) is 1.28. The van der Waals surface area contributed by atoms with Crippen LogP contribution < -0.4 is 5.32 Å². The minimum Gasteiger partial charge on any atom is -0.381 e. The van der Waals surface area contributed by atoms with Gasteiger partial charge in [-0.2, -0.15) is 0 Å². The van der Waals surface area contributed by atoms with Gasteiger partial charge in [0.15, 0.2) is 0 Å². The van der Waals surface area contributed by atoms with Crippen LogP contribution in [0.1, 0.15) is 38.8 Å². The molecule has 100 valence electrons. The first-order valence-electron chi connectivity index (χ1n) is 6.50. The molecule has 1 aliphatic rings. The van der Waals surface area contributed by atoms with Crippen molar-refractivity contribution in [2.24, 2.45) is 5.41 Å². The molecule has 3 unspecified atom stereocenters. The molecule has 0 saturated heterocycles. The summed E-state index contributed by atoms with van der Waals surface area (Å²) in [6, 6.07) is 7.34. The molecule has 0 aliphatic heterocycles. The van der Waals surface area contributed by atoms with Crippen molar-refractivity contribution in [3.63, 3.8) is 0 Å². The van der Waals surface area contributed by atoms with Crippen LogP contribution in [0.3, 0.4) is 0 Å². The zero-order chi connectivity index (χ0) is 13.3. The monoisotopic (exact) mass is 251 g/mol. The van der Waals surface area contributed by atoms with Crippen molar-refractivity contribution in [1.29, 1.82) is 0 Å². The Bertz CT molecular complexity index is 419. The molecule has 0 radical (unpaired) electrons. The highest BCUT2D eigenvalue weighted by atomic mass is 19.1. The zero-order valence-electron chi connectivity index (χ0n) is 11.5. The van der Waals surface area contributed by atoms with Crippen molar-refractivity contribution in [3.05, 3.63) is 35.6 Å². The van der Waals surface area contributed by atoms with Gasteiger partial charge in [-0.25, -0.2) is 4.39 Å². The summed E-state index contributed by atoms with van der Waals surface area (Å²) in [7, 11) is 1.75. The molecule has 3 atom stereocenters. The number of hydrogen-bond donors (Lipinski definition) is 1. The summed E-state index contributed by atoms with van der Waals surface area (Å²) < 4.78 is 19.1. The summed E-state index contributed by atoms with van der Waals surface area (Å²) >= 11 is 0. The molecule has 1 aromatic carbocycles. The fraction of sp³-hybridized carbons (Fsp3) is 0.600. The van der Waals surface area contributed by atoms with Gasteiger partial charge < -0.3 is 10.1 Å². The third-order valence-electron chi connectivity index (χ3n) is 4.29. The van der Waals surface area contributed by atoms with Crippen LogP contribution in [0.2, 0.25) is 0 Å². The maximum Gasteiger partial charge on any atom is 0.127 e. The third-order valence-corrected chi connectivity index (χ3v) is 4.29. The quantitative estimate of drug-likeness (QED) is 0.886. The molecule has 0 heterocycles. The van der Waals surface area contributed by atoms with Gasteiger partial charge in [0.05, 0.1) is 6.10 Å². The van der Waals surface area contributed by atoms with Gasteiger partial charge in [-0.1, -0.05) is 32.0 Å². The second kappa shape index (κ2) is 4.98. The Morgan fingerprint density at radius 2 is 2.06 bits per heavy atom. The largest absolute Gasteiger partial charge is 0.381 e. The Morgan fingerprint density at radius 1 is 1.39 bits per heavy atom. The van der Waals surface area contributed by atoms with Gasteiger partial charge in [-0.3, -0.25) is 0 Å². The predicted octanol–water partition coefficient (Wildman–Crippen LogP) is 3.29. The molecule has 0 spiro atoms. The van der Waals surface area contributed by atoms with Gasteiger partial charge in [0, 0.05) is 30.2 Å². The van der Waals surface area contributed by atoms with E-state index in [0.29, 0.717) is 12.1 Å². The standard InChI is InChI=1S/C15H22FNO/c1-10(11-7-5-6-8-12(11)16)17-13-9-14(18-4)15(13,2)3/h5-8,10,13-14,17H,9H2,1-4H3. The molecule has 3 heteroatoms. The number of methoxy groups -OCH3 is 1. The van der Waals surface area contributed by atoms with E-state index in [4.69, 9.17) is 4.74 Å². The van der Waals surface area contributed by atoms with Crippen molar-refractivity contribution >= 4 is 0 Å². The predicted molar refractivity (Wildman–Crippen MR) is 70.9 cm³/mol. The molecule has 18 heavy (non-hydrogen) atoms. The Kier molecular flexibility index (Phi) is 3.74. The van der Waals surface area contributed by atoms with Gasteiger partial charge >= 0.3 is 0 Å². The summed E-state index contributed by atoms with van der Waals surface area (Å²) in [6.45, 7) is 6.39. The van der Waals surface area contributed by atoms with Crippen LogP contribution in [0, 0.1) is 11.2 Å². The minimum absolute atomic E-state index is 0.0216. The lowest BCUT2D eigenvalue weighted by Gasteiger charge is -2.52. The summed E-state index contributed by atoms with van der Waals surface area (Å²) in [5.41, 5.74) is 0.836. The molecular formula is C15H22FNO. The zero-order valence-corrected chi connectivity index (χ0v) is 11.5. The van der Waals surface area contributed by atoms with Crippen LogP contribution in [-0.2, 0) is 4.74 Å². The van der Waals surface area contributed by atoms with Crippen LogP contribution in [-0.4, -0.2) is 19.3 Å². The molecule has 1 N–H and O–H groups in total. The second-order valence-electron chi connectivity index (χ2n) is 5.74. The van der Waals surface area contributed by atoms with Gasteiger partial charge in [0.1, 0.15) is 5.82 Å². The Morgan fingerprint density at radius 3 is 2.61 bits per heavy atom. The van der Waals surface area contributed by atoms with Gasteiger partial charge in [0.2, 0.25) is 0 Å². The van der Waals surface area contributed by atoms with Crippen molar-refractivity contribution < 1.29 is 9.13 Å². The van der Waals surface area contributed by atoms with Crippen LogP contribution in [0.4, 0.5) is 4.39 Å². The van der Waals surface area contributed by atoms with Crippen molar-refractivity contribution in [2.75, 3.05) is 7.11 Å². The fourth-order valence-electron chi connectivity index (χ4n) is 2.79. The summed E-state index contributed by atoms with van der Waals surface area (Å²) in [5.74, 6) is -0.141. The topological polar surface area (TPSA) is 21.3 Å². The number of benzene rings is 1. The first-order chi connectivity index (χ1) is 8.46. The lowest BCUT2D eigenvalue weighted by Crippen LogP contribution is -2.61. The molecule has 1 saturated carbocycles. The van der Waals surface area contributed by atoms with E-state index in [1.807, 2.05) is 19.1 Å². The third kappa shape index (κ3) is 2.29. The van der Waals surface area contributed by atoms with E-state index in [1.54, 1.807) is 13.2 Å². The van der Waals surface area contributed by atoms with Gasteiger partial charge in [-0.05, 0) is 19.4 Å².